The smallest absolute Gasteiger partial charge is 0.241 e. The third-order valence-corrected chi connectivity index (χ3v) is 5.76. The van der Waals surface area contributed by atoms with Gasteiger partial charge in [0.1, 0.15) is 6.04 Å². The van der Waals surface area contributed by atoms with Gasteiger partial charge in [0.2, 0.25) is 15.9 Å². The van der Waals surface area contributed by atoms with Crippen molar-refractivity contribution in [3.63, 3.8) is 0 Å². The number of sulfonamides is 1. The van der Waals surface area contributed by atoms with E-state index in [1.807, 2.05) is 44.2 Å². The number of carbonyl (C=O) groups excluding carboxylic acids is 1. The van der Waals surface area contributed by atoms with Crippen LogP contribution in [0.5, 0.6) is 0 Å². The summed E-state index contributed by atoms with van der Waals surface area (Å²) in [5.74, 6) is -0.174. The van der Waals surface area contributed by atoms with Gasteiger partial charge in [0, 0.05) is 13.1 Å². The molecular weight excluding hydrogens is 324 g/mol. The van der Waals surface area contributed by atoms with Gasteiger partial charge in [-0.25, -0.2) is 13.1 Å². The highest BCUT2D eigenvalue weighted by atomic mass is 32.2. The predicted molar refractivity (Wildman–Crippen MR) is 96.1 cm³/mol. The fourth-order valence-corrected chi connectivity index (χ4v) is 4.31. The fraction of sp³-hybridized carbons (Fsp3) is 0.611. The van der Waals surface area contributed by atoms with Gasteiger partial charge in [-0.05, 0) is 37.2 Å². The van der Waals surface area contributed by atoms with E-state index in [9.17, 15) is 13.2 Å². The Balaban J connectivity index is 1.98. The standard InChI is InChI=1S/C18H28N2O3S/c1-15(2)17(18(21)20-12-7-4-8-13-20)19-24(22,23)14-11-16-9-5-3-6-10-16/h3,5-6,9-10,15,17,19H,4,7-8,11-14H2,1-2H3/t17-/m0/s1. The average Bonchev–Trinajstić information content (AvgIpc) is 2.59. The molecule has 1 aliphatic rings. The van der Waals surface area contributed by atoms with E-state index >= 15 is 0 Å². The summed E-state index contributed by atoms with van der Waals surface area (Å²) in [5, 5.41) is 0. The molecule has 0 saturated carbocycles. The topological polar surface area (TPSA) is 66.5 Å². The lowest BCUT2D eigenvalue weighted by Crippen LogP contribution is -2.52. The Bertz CT molecular complexity index is 623. The van der Waals surface area contributed by atoms with Crippen molar-refractivity contribution in [2.24, 2.45) is 5.92 Å². The number of nitrogens with zero attached hydrogens (tertiary/aromatic N) is 1. The van der Waals surface area contributed by atoms with Gasteiger partial charge in [-0.3, -0.25) is 4.79 Å². The number of hydrogen-bond acceptors (Lipinski definition) is 3. The maximum atomic E-state index is 12.7. The van der Waals surface area contributed by atoms with Crippen LogP contribution in [-0.4, -0.2) is 44.1 Å². The average molecular weight is 353 g/mol. The van der Waals surface area contributed by atoms with Crippen LogP contribution in [0.1, 0.15) is 38.7 Å². The number of amides is 1. The lowest BCUT2D eigenvalue weighted by molar-refractivity contribution is -0.134. The van der Waals surface area contributed by atoms with Crippen LogP contribution in [0.4, 0.5) is 0 Å². The molecule has 1 aromatic rings. The number of hydrogen-bond donors (Lipinski definition) is 1. The first-order valence-corrected chi connectivity index (χ1v) is 10.4. The first-order chi connectivity index (χ1) is 11.4. The van der Waals surface area contributed by atoms with E-state index in [0.717, 1.165) is 37.9 Å². The van der Waals surface area contributed by atoms with E-state index in [4.69, 9.17) is 0 Å². The number of benzene rings is 1. The normalized spacial score (nSPS) is 17.0. The molecule has 0 bridgehead atoms. The highest BCUT2D eigenvalue weighted by Gasteiger charge is 2.31. The summed E-state index contributed by atoms with van der Waals surface area (Å²) < 4.78 is 27.5. The number of rotatable bonds is 7. The molecule has 0 radical (unpaired) electrons. The zero-order valence-corrected chi connectivity index (χ0v) is 15.4. The largest absolute Gasteiger partial charge is 0.341 e. The van der Waals surface area contributed by atoms with Crippen LogP contribution in [-0.2, 0) is 21.2 Å². The van der Waals surface area contributed by atoms with Crippen molar-refractivity contribution in [2.45, 2.75) is 45.6 Å². The maximum Gasteiger partial charge on any atom is 0.241 e. The van der Waals surface area contributed by atoms with Gasteiger partial charge in [-0.2, -0.15) is 0 Å². The summed E-state index contributed by atoms with van der Waals surface area (Å²) >= 11 is 0. The number of carbonyl (C=O) groups is 1. The molecule has 0 spiro atoms. The SMILES string of the molecule is CC(C)[C@H](NS(=O)(=O)CCc1ccccc1)C(=O)N1CCCCC1. The van der Waals surface area contributed by atoms with E-state index in [1.54, 1.807) is 4.90 Å². The van der Waals surface area contributed by atoms with Crippen molar-refractivity contribution >= 4 is 15.9 Å². The van der Waals surface area contributed by atoms with E-state index in [1.165, 1.54) is 0 Å². The molecule has 5 nitrogen and oxygen atoms in total. The first-order valence-electron chi connectivity index (χ1n) is 8.72. The van der Waals surface area contributed by atoms with Gasteiger partial charge in [0.05, 0.1) is 5.75 Å². The minimum Gasteiger partial charge on any atom is -0.341 e. The quantitative estimate of drug-likeness (QED) is 0.818. The Morgan fingerprint density at radius 3 is 2.33 bits per heavy atom. The van der Waals surface area contributed by atoms with Crippen molar-refractivity contribution in [3.8, 4) is 0 Å². The maximum absolute atomic E-state index is 12.7. The molecule has 1 aromatic carbocycles. The molecule has 1 aliphatic heterocycles. The van der Waals surface area contributed by atoms with Gasteiger partial charge in [0.25, 0.3) is 0 Å². The second-order valence-corrected chi connectivity index (χ2v) is 8.65. The summed E-state index contributed by atoms with van der Waals surface area (Å²) in [5.41, 5.74) is 0.978. The van der Waals surface area contributed by atoms with Gasteiger partial charge >= 0.3 is 0 Å². The van der Waals surface area contributed by atoms with Crippen LogP contribution >= 0.6 is 0 Å². The van der Waals surface area contributed by atoms with Crippen molar-refractivity contribution < 1.29 is 13.2 Å². The molecule has 1 saturated heterocycles. The molecule has 0 aliphatic carbocycles. The number of piperidine rings is 1. The van der Waals surface area contributed by atoms with Crippen LogP contribution in [0.15, 0.2) is 30.3 Å². The van der Waals surface area contributed by atoms with Crippen LogP contribution in [0.3, 0.4) is 0 Å². The zero-order valence-electron chi connectivity index (χ0n) is 14.6. The molecular formula is C18H28N2O3S. The summed E-state index contributed by atoms with van der Waals surface area (Å²) in [6.07, 6.45) is 3.58. The highest BCUT2D eigenvalue weighted by molar-refractivity contribution is 7.89. The zero-order chi connectivity index (χ0) is 17.6. The van der Waals surface area contributed by atoms with Gasteiger partial charge < -0.3 is 4.90 Å². The van der Waals surface area contributed by atoms with Crippen molar-refractivity contribution in [1.29, 1.82) is 0 Å². The second kappa shape index (κ2) is 8.62. The Hall–Kier alpha value is -1.40. The minimum atomic E-state index is -3.51. The third-order valence-electron chi connectivity index (χ3n) is 4.41. The summed E-state index contributed by atoms with van der Waals surface area (Å²) in [6.45, 7) is 5.22. The lowest BCUT2D eigenvalue weighted by atomic mass is 10.0. The summed E-state index contributed by atoms with van der Waals surface area (Å²) in [7, 11) is -3.51. The number of nitrogens with one attached hydrogen (secondary N) is 1. The second-order valence-electron chi connectivity index (χ2n) is 6.78. The molecule has 6 heteroatoms. The molecule has 2 rings (SSSR count). The van der Waals surface area contributed by atoms with E-state index in [0.29, 0.717) is 6.42 Å². The van der Waals surface area contributed by atoms with Crippen LogP contribution < -0.4 is 4.72 Å². The van der Waals surface area contributed by atoms with Gasteiger partial charge in [-0.1, -0.05) is 44.2 Å². The fourth-order valence-electron chi connectivity index (χ4n) is 2.93. The van der Waals surface area contributed by atoms with Crippen LogP contribution in [0.25, 0.3) is 0 Å². The third kappa shape index (κ3) is 5.60. The monoisotopic (exact) mass is 352 g/mol. The first kappa shape index (κ1) is 18.9. The number of likely N-dealkylation sites (tertiary alicyclic amines) is 1. The molecule has 1 fully saturated rings. The predicted octanol–water partition coefficient (Wildman–Crippen LogP) is 2.19. The lowest BCUT2D eigenvalue weighted by Gasteiger charge is -2.32. The van der Waals surface area contributed by atoms with E-state index < -0.39 is 16.1 Å². The molecule has 1 atom stereocenters. The van der Waals surface area contributed by atoms with Crippen LogP contribution in [0, 0.1) is 5.92 Å². The van der Waals surface area contributed by atoms with Gasteiger partial charge in [0.15, 0.2) is 0 Å². The Kier molecular flexibility index (Phi) is 6.80. The molecule has 0 aromatic heterocycles. The van der Waals surface area contributed by atoms with Crippen LogP contribution in [0.2, 0.25) is 0 Å². The molecule has 134 valence electrons. The van der Waals surface area contributed by atoms with Gasteiger partial charge in [-0.15, -0.1) is 0 Å². The molecule has 1 heterocycles. The minimum absolute atomic E-state index is 0.00644. The van der Waals surface area contributed by atoms with E-state index in [-0.39, 0.29) is 17.6 Å². The van der Waals surface area contributed by atoms with Crippen molar-refractivity contribution in [2.75, 3.05) is 18.8 Å². The molecule has 1 amide bonds. The van der Waals surface area contributed by atoms with E-state index in [2.05, 4.69) is 4.72 Å². The highest BCUT2D eigenvalue weighted by Crippen LogP contribution is 2.14. The summed E-state index contributed by atoms with van der Waals surface area (Å²) in [4.78, 5) is 14.5. The van der Waals surface area contributed by atoms with Crippen molar-refractivity contribution in [1.82, 2.24) is 9.62 Å². The molecule has 24 heavy (non-hydrogen) atoms. The number of aryl methyl sites for hydroxylation is 1. The molecule has 0 unspecified atom stereocenters. The summed E-state index contributed by atoms with van der Waals surface area (Å²) in [6, 6.07) is 8.84. The Morgan fingerprint density at radius 2 is 1.75 bits per heavy atom. The Morgan fingerprint density at radius 1 is 1.12 bits per heavy atom. The molecule has 1 N–H and O–H groups in total. The Labute approximate surface area is 145 Å². The van der Waals surface area contributed by atoms with Crippen molar-refractivity contribution in [3.05, 3.63) is 35.9 Å².